The molecule has 0 aliphatic heterocycles. The molecule has 2 aromatic carbocycles. The standard InChI is InChI=1S/C15H12F2N2O3S/c16-15(17)23-13-8-4-2-6-11(13)18-14(20)9-10-5-1-3-7-12(10)19(21)22/h1-8,15H,9H2,(H,18,20). The molecule has 0 spiro atoms. The molecule has 0 aliphatic carbocycles. The van der Waals surface area contributed by atoms with E-state index in [2.05, 4.69) is 5.32 Å². The number of halogens is 2. The fourth-order valence-corrected chi connectivity index (χ4v) is 2.57. The van der Waals surface area contributed by atoms with Gasteiger partial charge in [0.05, 0.1) is 17.0 Å². The lowest BCUT2D eigenvalue weighted by molar-refractivity contribution is -0.385. The van der Waals surface area contributed by atoms with Crippen molar-refractivity contribution in [2.75, 3.05) is 5.32 Å². The molecule has 0 fully saturated rings. The van der Waals surface area contributed by atoms with Gasteiger partial charge in [-0.3, -0.25) is 14.9 Å². The average Bonchev–Trinajstić information content (AvgIpc) is 2.49. The number of carbonyl (C=O) groups is 1. The fraction of sp³-hybridized carbons (Fsp3) is 0.133. The van der Waals surface area contributed by atoms with Crippen molar-refractivity contribution in [3.8, 4) is 0 Å². The molecule has 1 N–H and O–H groups in total. The van der Waals surface area contributed by atoms with Gasteiger partial charge in [0.15, 0.2) is 0 Å². The van der Waals surface area contributed by atoms with Crippen LogP contribution in [-0.4, -0.2) is 16.6 Å². The number of nitrogens with zero attached hydrogens (tertiary/aromatic N) is 1. The van der Waals surface area contributed by atoms with Gasteiger partial charge in [-0.05, 0) is 12.1 Å². The van der Waals surface area contributed by atoms with E-state index in [9.17, 15) is 23.7 Å². The molecule has 0 atom stereocenters. The minimum absolute atomic E-state index is 0.155. The van der Waals surface area contributed by atoms with E-state index in [0.29, 0.717) is 11.8 Å². The van der Waals surface area contributed by atoms with Gasteiger partial charge in [-0.1, -0.05) is 42.1 Å². The number of hydrogen-bond acceptors (Lipinski definition) is 4. The molecule has 0 saturated carbocycles. The molecule has 5 nitrogen and oxygen atoms in total. The summed E-state index contributed by atoms with van der Waals surface area (Å²) in [7, 11) is 0. The Balaban J connectivity index is 2.13. The number of para-hydroxylation sites is 2. The summed E-state index contributed by atoms with van der Waals surface area (Å²) in [5, 5.41) is 13.4. The average molecular weight is 338 g/mol. The van der Waals surface area contributed by atoms with E-state index in [1.165, 1.54) is 30.3 Å². The van der Waals surface area contributed by atoms with E-state index < -0.39 is 16.6 Å². The molecule has 0 heterocycles. The number of nitro benzene ring substituents is 1. The van der Waals surface area contributed by atoms with E-state index in [1.807, 2.05) is 0 Å². The van der Waals surface area contributed by atoms with Crippen molar-refractivity contribution in [2.45, 2.75) is 17.1 Å². The maximum absolute atomic E-state index is 12.5. The molecule has 0 bridgehead atoms. The molecule has 2 aromatic rings. The summed E-state index contributed by atoms with van der Waals surface area (Å²) in [6.07, 6.45) is -0.217. The van der Waals surface area contributed by atoms with Crippen LogP contribution >= 0.6 is 11.8 Å². The van der Waals surface area contributed by atoms with Crippen molar-refractivity contribution in [2.24, 2.45) is 0 Å². The molecule has 0 unspecified atom stereocenters. The van der Waals surface area contributed by atoms with Crippen LogP contribution in [0.2, 0.25) is 0 Å². The van der Waals surface area contributed by atoms with E-state index in [4.69, 9.17) is 0 Å². The highest BCUT2D eigenvalue weighted by Crippen LogP contribution is 2.31. The summed E-state index contributed by atoms with van der Waals surface area (Å²) >= 11 is 0.325. The van der Waals surface area contributed by atoms with Crippen LogP contribution in [0.5, 0.6) is 0 Å². The second-order valence-corrected chi connectivity index (χ2v) is 5.52. The maximum Gasteiger partial charge on any atom is 0.288 e. The third-order valence-corrected chi connectivity index (χ3v) is 3.70. The SMILES string of the molecule is O=C(Cc1ccccc1[N+](=O)[O-])Nc1ccccc1SC(F)F. The van der Waals surface area contributed by atoms with Crippen molar-refractivity contribution in [1.82, 2.24) is 0 Å². The van der Waals surface area contributed by atoms with Crippen molar-refractivity contribution >= 4 is 29.0 Å². The Morgan fingerprint density at radius 3 is 2.52 bits per heavy atom. The first-order valence-corrected chi connectivity index (χ1v) is 7.41. The number of amides is 1. The fourth-order valence-electron chi connectivity index (χ4n) is 1.97. The molecule has 120 valence electrons. The third kappa shape index (κ3) is 4.75. The zero-order valence-electron chi connectivity index (χ0n) is 11.7. The summed E-state index contributed by atoms with van der Waals surface area (Å²) in [4.78, 5) is 22.7. The highest BCUT2D eigenvalue weighted by atomic mass is 32.2. The lowest BCUT2D eigenvalue weighted by atomic mass is 10.1. The summed E-state index contributed by atoms with van der Waals surface area (Å²) in [5.74, 6) is -3.12. The first-order valence-electron chi connectivity index (χ1n) is 6.53. The number of rotatable bonds is 6. The van der Waals surface area contributed by atoms with Crippen molar-refractivity contribution in [3.63, 3.8) is 0 Å². The van der Waals surface area contributed by atoms with Crippen molar-refractivity contribution in [3.05, 3.63) is 64.2 Å². The molecule has 23 heavy (non-hydrogen) atoms. The predicted molar refractivity (Wildman–Crippen MR) is 83.7 cm³/mol. The van der Waals surface area contributed by atoms with E-state index in [-0.39, 0.29) is 28.3 Å². The van der Waals surface area contributed by atoms with Crippen molar-refractivity contribution in [1.29, 1.82) is 0 Å². The van der Waals surface area contributed by atoms with Crippen LogP contribution in [0.4, 0.5) is 20.2 Å². The summed E-state index contributed by atoms with van der Waals surface area (Å²) in [6, 6.07) is 12.1. The Labute approximate surface area is 134 Å². The number of thioether (sulfide) groups is 1. The zero-order chi connectivity index (χ0) is 16.8. The van der Waals surface area contributed by atoms with Crippen molar-refractivity contribution < 1.29 is 18.5 Å². The van der Waals surface area contributed by atoms with Gasteiger partial charge in [0.25, 0.3) is 11.4 Å². The summed E-state index contributed by atoms with van der Waals surface area (Å²) in [5.41, 5.74) is 0.355. The van der Waals surface area contributed by atoms with Crippen LogP contribution in [0.15, 0.2) is 53.4 Å². The normalized spacial score (nSPS) is 10.6. The number of carbonyl (C=O) groups excluding carboxylic acids is 1. The Kier molecular flexibility index (Phi) is 5.64. The Hall–Kier alpha value is -2.48. The van der Waals surface area contributed by atoms with Gasteiger partial charge in [-0.15, -0.1) is 0 Å². The smallest absolute Gasteiger partial charge is 0.288 e. The Morgan fingerprint density at radius 1 is 1.17 bits per heavy atom. The van der Waals surface area contributed by atoms with Gasteiger partial charge in [-0.25, -0.2) is 0 Å². The number of anilines is 1. The first kappa shape index (κ1) is 16.9. The molecular weight excluding hydrogens is 326 g/mol. The summed E-state index contributed by atoms with van der Waals surface area (Å²) < 4.78 is 25.0. The second-order valence-electron chi connectivity index (χ2n) is 4.49. The highest BCUT2D eigenvalue weighted by molar-refractivity contribution is 7.99. The lowest BCUT2D eigenvalue weighted by Gasteiger charge is -2.10. The van der Waals surface area contributed by atoms with Crippen LogP contribution in [0.3, 0.4) is 0 Å². The van der Waals surface area contributed by atoms with E-state index in [1.54, 1.807) is 18.2 Å². The largest absolute Gasteiger partial charge is 0.325 e. The molecular formula is C15H12F2N2O3S. The van der Waals surface area contributed by atoms with E-state index >= 15 is 0 Å². The number of alkyl halides is 2. The summed E-state index contributed by atoms with van der Waals surface area (Å²) in [6.45, 7) is 0. The molecule has 0 aliphatic rings. The zero-order valence-corrected chi connectivity index (χ0v) is 12.6. The van der Waals surface area contributed by atoms with Gasteiger partial charge < -0.3 is 5.32 Å². The van der Waals surface area contributed by atoms with Gasteiger partial charge >= 0.3 is 0 Å². The first-order chi connectivity index (χ1) is 11.0. The number of benzene rings is 2. The van der Waals surface area contributed by atoms with Crippen LogP contribution < -0.4 is 5.32 Å². The molecule has 1 amide bonds. The molecule has 8 heteroatoms. The lowest BCUT2D eigenvalue weighted by Crippen LogP contribution is -2.15. The van der Waals surface area contributed by atoms with Crippen LogP contribution in [0.25, 0.3) is 0 Å². The molecule has 0 aromatic heterocycles. The monoisotopic (exact) mass is 338 g/mol. The predicted octanol–water partition coefficient (Wildman–Crippen LogP) is 4.09. The number of nitrogens with one attached hydrogen (secondary N) is 1. The molecule has 0 radical (unpaired) electrons. The van der Waals surface area contributed by atoms with Gasteiger partial charge in [0.1, 0.15) is 0 Å². The van der Waals surface area contributed by atoms with Crippen LogP contribution in [0.1, 0.15) is 5.56 Å². The van der Waals surface area contributed by atoms with E-state index in [0.717, 1.165) is 0 Å². The topological polar surface area (TPSA) is 72.2 Å². The van der Waals surface area contributed by atoms with Crippen LogP contribution in [-0.2, 0) is 11.2 Å². The van der Waals surface area contributed by atoms with Gasteiger partial charge in [-0.2, -0.15) is 8.78 Å². The van der Waals surface area contributed by atoms with Gasteiger partial charge in [0.2, 0.25) is 5.91 Å². The molecule has 0 saturated heterocycles. The maximum atomic E-state index is 12.5. The van der Waals surface area contributed by atoms with Crippen LogP contribution in [0, 0.1) is 10.1 Å². The Bertz CT molecular complexity index is 725. The highest BCUT2D eigenvalue weighted by Gasteiger charge is 2.17. The number of nitro groups is 1. The van der Waals surface area contributed by atoms with Gasteiger partial charge in [0, 0.05) is 16.5 Å². The second kappa shape index (κ2) is 7.68. The Morgan fingerprint density at radius 2 is 1.83 bits per heavy atom. The third-order valence-electron chi connectivity index (χ3n) is 2.92. The minimum Gasteiger partial charge on any atom is -0.325 e. The minimum atomic E-state index is -2.61. The quantitative estimate of drug-likeness (QED) is 0.489. The number of hydrogen-bond donors (Lipinski definition) is 1. The molecule has 2 rings (SSSR count).